The van der Waals surface area contributed by atoms with Gasteiger partial charge in [0, 0.05) is 90.8 Å². The highest BCUT2D eigenvalue weighted by atomic mass is 19.4. The summed E-state index contributed by atoms with van der Waals surface area (Å²) >= 11 is 0. The Balaban J connectivity index is 0.000000125. The van der Waals surface area contributed by atoms with Crippen molar-refractivity contribution in [1.29, 1.82) is 0 Å². The number of rotatable bonds is 23. The van der Waals surface area contributed by atoms with Gasteiger partial charge >= 0.3 is 31.6 Å². The molecule has 0 bridgehead atoms. The van der Waals surface area contributed by atoms with Crippen molar-refractivity contribution in [3.63, 3.8) is 0 Å². The van der Waals surface area contributed by atoms with E-state index < -0.39 is 60.3 Å². The van der Waals surface area contributed by atoms with E-state index in [4.69, 9.17) is 46.3 Å². The molecule has 0 saturated heterocycles. The van der Waals surface area contributed by atoms with Crippen LogP contribution < -0.4 is 47.4 Å². The lowest BCUT2D eigenvalue weighted by molar-refractivity contribution is -0.287. The number of ether oxygens (including phenoxy) is 10. The molecular weight excluding hydrogens is 1960 g/mol. The van der Waals surface area contributed by atoms with Crippen LogP contribution in [-0.2, 0) is 39.2 Å². The van der Waals surface area contributed by atoms with Gasteiger partial charge in [0.2, 0.25) is 0 Å². The molecule has 47 heteroatoms. The molecule has 1 aliphatic rings. The van der Waals surface area contributed by atoms with Crippen LogP contribution in [0.25, 0.3) is 110 Å². The highest BCUT2D eigenvalue weighted by Gasteiger charge is 2.44. The lowest BCUT2D eigenvalue weighted by atomic mass is 9.95. The normalized spacial score (nSPS) is 12.2. The van der Waals surface area contributed by atoms with Crippen LogP contribution in [0.4, 0.5) is 74.6 Å². The molecule has 0 amide bonds. The van der Waals surface area contributed by atoms with Crippen LogP contribution in [0.2, 0.25) is 0 Å². The monoisotopic (exact) mass is 2030 g/mol. The molecule has 1 aliphatic heterocycles. The van der Waals surface area contributed by atoms with Crippen LogP contribution >= 0.6 is 0 Å². The summed E-state index contributed by atoms with van der Waals surface area (Å²) in [4.78, 5) is 40.6. The Morgan fingerprint density at radius 1 is 0.274 bits per heavy atom. The van der Waals surface area contributed by atoms with Crippen molar-refractivity contribution in [1.82, 2.24) is 75.6 Å². The summed E-state index contributed by atoms with van der Waals surface area (Å²) in [6, 6.07) is 45.7. The van der Waals surface area contributed by atoms with Gasteiger partial charge < -0.3 is 70.0 Å². The quantitative estimate of drug-likeness (QED) is 0.0537. The zero-order chi connectivity index (χ0) is 103. The Kier molecular flexibility index (Phi) is 28.8. The van der Waals surface area contributed by atoms with E-state index in [1.54, 1.807) is 149 Å². The second kappa shape index (κ2) is 42.3. The first-order valence-electron chi connectivity index (χ1n) is 42.6. The molecule has 10 aromatic carbocycles. The molecule has 744 valence electrons. The van der Waals surface area contributed by atoms with E-state index in [2.05, 4.69) is 99.3 Å². The first kappa shape index (κ1) is 99.3. The summed E-state index contributed by atoms with van der Waals surface area (Å²) < 4.78 is 295. The Labute approximate surface area is 808 Å². The lowest BCUT2D eigenvalue weighted by Crippen LogP contribution is -2.25. The number of hydrogen-bond donors (Lipinski definition) is 0. The second-order valence-corrected chi connectivity index (χ2v) is 31.0. The molecule has 20 aromatic rings. The average molecular weight is 2030 g/mol. The van der Waals surface area contributed by atoms with Gasteiger partial charge in [0.1, 0.15) is 67.7 Å². The van der Waals surface area contributed by atoms with E-state index in [9.17, 15) is 74.6 Å². The number of hydrogen-bond acceptors (Lipinski definition) is 30. The molecule has 0 radical (unpaired) electrons. The van der Waals surface area contributed by atoms with Gasteiger partial charge in [-0.25, -0.2) is 63.0 Å². The van der Waals surface area contributed by atoms with E-state index in [1.165, 1.54) is 67.6 Å². The molecule has 10 aromatic heterocycles. The summed E-state index contributed by atoms with van der Waals surface area (Å²) in [6.07, 6.45) is -6.76. The fourth-order valence-corrected chi connectivity index (χ4v) is 14.4. The van der Waals surface area contributed by atoms with Crippen LogP contribution in [0.5, 0.6) is 58.1 Å². The van der Waals surface area contributed by atoms with Gasteiger partial charge in [-0.15, -0.1) is 48.3 Å². The minimum Gasteiger partial charge on any atom is -0.467 e. The molecule has 146 heavy (non-hydrogen) atoms. The number of benzene rings is 10. The largest absolute Gasteiger partial charge is 0.586 e. The zero-order valence-corrected chi connectivity index (χ0v) is 75.0. The number of nitrogens with zero attached hydrogens (tertiary/aromatic N) is 15. The summed E-state index contributed by atoms with van der Waals surface area (Å²) in [5, 5.41) is 21.9. The third kappa shape index (κ3) is 24.7. The average Bonchev–Trinajstić information content (AvgIpc) is 1.55. The topological polar surface area (TPSA) is 351 Å². The minimum atomic E-state index is -4.81. The number of aromatic nitrogens is 15. The van der Waals surface area contributed by atoms with Crippen LogP contribution in [0.15, 0.2) is 279 Å². The van der Waals surface area contributed by atoms with Gasteiger partial charge in [0.15, 0.2) is 68.5 Å². The highest BCUT2D eigenvalue weighted by molar-refractivity contribution is 5.93. The van der Waals surface area contributed by atoms with Gasteiger partial charge in [0.05, 0.1) is 32.5 Å². The summed E-state index contributed by atoms with van der Waals surface area (Å²) in [5.41, 5.74) is 7.52. The van der Waals surface area contributed by atoms with E-state index in [0.717, 1.165) is 64.7 Å². The molecule has 0 saturated carbocycles. The molecule has 0 fully saturated rings. The van der Waals surface area contributed by atoms with Crippen molar-refractivity contribution in [3.8, 4) is 114 Å². The Bertz CT molecular complexity index is 8020. The third-order valence-corrected chi connectivity index (χ3v) is 21.0. The lowest BCUT2D eigenvalue weighted by Gasteiger charge is -2.13. The number of halogens is 17. The second-order valence-electron chi connectivity index (χ2n) is 31.0. The van der Waals surface area contributed by atoms with Crippen molar-refractivity contribution < 1.29 is 145 Å². The molecule has 0 spiro atoms. The minimum absolute atomic E-state index is 0.00770. The van der Waals surface area contributed by atoms with Crippen LogP contribution in [0.1, 0.15) is 56.9 Å². The fraction of sp³-hybridized carbons (Fsp3) is 0.141. The molecule has 21 rings (SSSR count). The molecule has 11 heterocycles. The van der Waals surface area contributed by atoms with E-state index in [0.29, 0.717) is 112 Å². The van der Waals surface area contributed by atoms with Gasteiger partial charge in [-0.1, -0.05) is 42.5 Å². The molecule has 0 atom stereocenters. The number of alkyl halides is 14. The first-order valence-corrected chi connectivity index (χ1v) is 42.6. The Morgan fingerprint density at radius 2 is 0.610 bits per heavy atom. The first-order chi connectivity index (χ1) is 69.9. The molecule has 0 unspecified atom stereocenters. The molecular formula is C99H64F17N15O15. The van der Waals surface area contributed by atoms with Crippen molar-refractivity contribution in [2.45, 2.75) is 92.3 Å². The fourth-order valence-electron chi connectivity index (χ4n) is 14.4. The molecule has 30 nitrogen and oxygen atoms in total. The van der Waals surface area contributed by atoms with Crippen LogP contribution in [0, 0.1) is 45.1 Å². The predicted molar refractivity (Wildman–Crippen MR) is 479 cm³/mol. The van der Waals surface area contributed by atoms with Gasteiger partial charge in [-0.2, -0.15) is 13.2 Å². The maximum Gasteiger partial charge on any atom is 0.586 e. The van der Waals surface area contributed by atoms with E-state index in [1.807, 2.05) is 19.1 Å². The van der Waals surface area contributed by atoms with Crippen molar-refractivity contribution in [3.05, 3.63) is 330 Å². The number of aryl methyl sites for hydroxylation is 4. The van der Waals surface area contributed by atoms with Crippen molar-refractivity contribution in [2.75, 3.05) is 0 Å². The van der Waals surface area contributed by atoms with E-state index in [-0.39, 0.29) is 119 Å². The Morgan fingerprint density at radius 3 is 1.02 bits per heavy atom. The third-order valence-electron chi connectivity index (χ3n) is 21.0. The maximum atomic E-state index is 14.6. The zero-order valence-electron chi connectivity index (χ0n) is 75.0. The Hall–Kier alpha value is -18.2. The molecule has 0 aliphatic carbocycles. The predicted octanol–water partition coefficient (Wildman–Crippen LogP) is 25.0. The standard InChI is InChI=1S/C21H16F3N3O3.C20H13F4N3O3.C20H13F4N3O2.C19H11F4N3O3.C19H11F2N3O4/c1-12-8-14(29-21(22,23)24)4-5-15(12)16-10-17-18(9-13(16)2)30-27-20(17)28-11-19-25-6-3-7-26-19;1-11-7-12(3-4-16(11)29-20(22,23)24)13-8-14-17(9-15(13)21)30-27-19(14)28-10-18-25-5-2-6-26-18;1-11-7-17-15(19(27-29-17)28-10-18-25-5-2-6-26-18)9-14(11)13-4-3-12(8-16(13)21)20(22,23)24;20-15-9-16-14(18(26-29-16)27-10-17-24-6-1-7-25-17)8-13(15)11-2-4-12(5-3-11)28-19(21,22)23;20-19(21)26-15-5-3-12(9-16(15)27-19)11-2-4-14-13(8-11)18(24-28-14)25-10-17-22-6-1-7-23-17/h3-10H,11H2,1-2H3;2-9H,10H2,1H3;2-9H,10H2,1H3;1-9H,10H2;1-9H,10H2. The summed E-state index contributed by atoms with van der Waals surface area (Å²) in [7, 11) is 0. The van der Waals surface area contributed by atoms with Crippen LogP contribution in [0.3, 0.4) is 0 Å². The SMILES string of the molecule is Cc1cc(-c2cc3c(OCc4ncccn4)noc3cc2F)ccc1OC(F)(F)F.Cc1cc(OC(F)(F)F)ccc1-c1cc2c(OCc3ncccn3)noc2cc1C.Cc1cc2onc(OCc3ncccn3)c2cc1-c1ccc(C(F)(F)F)cc1F.FC1(F)Oc2ccc(-c3ccc4onc(OCc5ncccn5)c4c3)cc2O1.Fc1cc2onc(OCc3ncccn3)c2cc1-c1ccc(OC(F)(F)F)cc1. The smallest absolute Gasteiger partial charge is 0.467 e. The van der Waals surface area contributed by atoms with Gasteiger partial charge in [-0.05, 0) is 254 Å². The van der Waals surface area contributed by atoms with Crippen molar-refractivity contribution >= 4 is 54.8 Å². The van der Waals surface area contributed by atoms with E-state index >= 15 is 0 Å². The molecule has 0 N–H and O–H groups in total. The van der Waals surface area contributed by atoms with Gasteiger partial charge in [-0.3, -0.25) is 0 Å². The number of fused-ring (bicyclic) bond motifs is 6. The van der Waals surface area contributed by atoms with Crippen LogP contribution in [-0.4, -0.2) is 101 Å². The van der Waals surface area contributed by atoms with Crippen molar-refractivity contribution in [2.24, 2.45) is 0 Å². The maximum absolute atomic E-state index is 14.6. The summed E-state index contributed by atoms with van der Waals surface area (Å²) in [5.74, 6) is -0.0353. The van der Waals surface area contributed by atoms with Gasteiger partial charge in [0.25, 0.3) is 29.4 Å². The highest BCUT2D eigenvalue weighted by Crippen LogP contribution is 2.46. The summed E-state index contributed by atoms with van der Waals surface area (Å²) in [6.45, 7) is 7.09.